The molecule has 0 saturated heterocycles. The van der Waals surface area contributed by atoms with E-state index in [0.717, 1.165) is 32.4 Å². The van der Waals surface area contributed by atoms with Crippen LogP contribution in [0.5, 0.6) is 0 Å². The zero-order valence-electron chi connectivity index (χ0n) is 10.7. The Kier molecular flexibility index (Phi) is 8.58. The van der Waals surface area contributed by atoms with Crippen LogP contribution < -0.4 is 5.32 Å². The zero-order valence-corrected chi connectivity index (χ0v) is 10.7. The first kappa shape index (κ1) is 14.9. The molecule has 0 aromatic carbocycles. The van der Waals surface area contributed by atoms with Gasteiger partial charge in [-0.05, 0) is 19.3 Å². The normalized spacial score (nSPS) is 9.94. The molecule has 4 nitrogen and oxygen atoms in total. The summed E-state index contributed by atoms with van der Waals surface area (Å²) in [6.07, 6.45) is 2.75. The van der Waals surface area contributed by atoms with Gasteiger partial charge in [-0.15, -0.1) is 0 Å². The van der Waals surface area contributed by atoms with Gasteiger partial charge in [-0.3, -0.25) is 9.59 Å². The molecule has 0 aromatic rings. The van der Waals surface area contributed by atoms with Crippen LogP contribution in [0.3, 0.4) is 0 Å². The summed E-state index contributed by atoms with van der Waals surface area (Å²) in [6, 6.07) is 0. The van der Waals surface area contributed by atoms with Crippen molar-refractivity contribution in [1.29, 1.82) is 0 Å². The van der Waals surface area contributed by atoms with Crippen molar-refractivity contribution in [3.63, 3.8) is 0 Å². The van der Waals surface area contributed by atoms with Crippen molar-refractivity contribution in [1.82, 2.24) is 10.2 Å². The van der Waals surface area contributed by atoms with Gasteiger partial charge >= 0.3 is 0 Å². The highest BCUT2D eigenvalue weighted by molar-refractivity contribution is 5.96. The van der Waals surface area contributed by atoms with Gasteiger partial charge in [-0.2, -0.15) is 0 Å². The standard InChI is InChI=1S/C12H24N2O2/c1-4-7-13-11(15)10-12(16)14(8-5-2)9-6-3/h4-10H2,1-3H3,(H,13,15). The van der Waals surface area contributed by atoms with Crippen LogP contribution >= 0.6 is 0 Å². The highest BCUT2D eigenvalue weighted by Gasteiger charge is 2.15. The maximum absolute atomic E-state index is 11.8. The fraction of sp³-hybridized carbons (Fsp3) is 0.833. The smallest absolute Gasteiger partial charge is 0.232 e. The molecule has 0 radical (unpaired) electrons. The molecule has 0 aromatic heterocycles. The van der Waals surface area contributed by atoms with Crippen LogP contribution in [0.4, 0.5) is 0 Å². The van der Waals surface area contributed by atoms with Crippen LogP contribution in [0.2, 0.25) is 0 Å². The van der Waals surface area contributed by atoms with Gasteiger partial charge in [0.1, 0.15) is 6.42 Å². The van der Waals surface area contributed by atoms with Crippen LogP contribution in [0, 0.1) is 0 Å². The van der Waals surface area contributed by atoms with E-state index in [1.165, 1.54) is 0 Å². The summed E-state index contributed by atoms with van der Waals surface area (Å²) < 4.78 is 0. The summed E-state index contributed by atoms with van der Waals surface area (Å²) in [7, 11) is 0. The molecule has 94 valence electrons. The van der Waals surface area contributed by atoms with Crippen molar-refractivity contribution < 1.29 is 9.59 Å². The topological polar surface area (TPSA) is 49.4 Å². The first-order valence-electron chi connectivity index (χ1n) is 6.20. The molecule has 0 spiro atoms. The van der Waals surface area contributed by atoms with Crippen LogP contribution in [-0.4, -0.2) is 36.3 Å². The number of amides is 2. The van der Waals surface area contributed by atoms with E-state index in [0.29, 0.717) is 6.54 Å². The van der Waals surface area contributed by atoms with E-state index in [4.69, 9.17) is 0 Å². The van der Waals surface area contributed by atoms with Crippen LogP contribution in [0.1, 0.15) is 46.5 Å². The van der Waals surface area contributed by atoms with Crippen molar-refractivity contribution in [3.8, 4) is 0 Å². The molecule has 0 heterocycles. The van der Waals surface area contributed by atoms with Crippen LogP contribution in [0.25, 0.3) is 0 Å². The summed E-state index contributed by atoms with van der Waals surface area (Å²) in [5, 5.41) is 2.72. The summed E-state index contributed by atoms with van der Waals surface area (Å²) in [5.41, 5.74) is 0. The van der Waals surface area contributed by atoms with Gasteiger partial charge in [0, 0.05) is 19.6 Å². The largest absolute Gasteiger partial charge is 0.356 e. The van der Waals surface area contributed by atoms with E-state index in [1.54, 1.807) is 4.90 Å². The minimum Gasteiger partial charge on any atom is -0.356 e. The van der Waals surface area contributed by atoms with Crippen molar-refractivity contribution in [2.45, 2.75) is 46.5 Å². The number of nitrogens with one attached hydrogen (secondary N) is 1. The van der Waals surface area contributed by atoms with E-state index in [2.05, 4.69) is 5.32 Å². The molecule has 0 unspecified atom stereocenters. The van der Waals surface area contributed by atoms with E-state index < -0.39 is 0 Å². The lowest BCUT2D eigenvalue weighted by atomic mass is 10.3. The Morgan fingerprint density at radius 2 is 1.56 bits per heavy atom. The molecule has 0 fully saturated rings. The maximum atomic E-state index is 11.8. The van der Waals surface area contributed by atoms with Gasteiger partial charge in [-0.25, -0.2) is 0 Å². The fourth-order valence-electron chi connectivity index (χ4n) is 1.48. The zero-order chi connectivity index (χ0) is 12.4. The van der Waals surface area contributed by atoms with Gasteiger partial charge < -0.3 is 10.2 Å². The van der Waals surface area contributed by atoms with Crippen molar-refractivity contribution in [2.75, 3.05) is 19.6 Å². The van der Waals surface area contributed by atoms with Crippen molar-refractivity contribution in [3.05, 3.63) is 0 Å². The van der Waals surface area contributed by atoms with Gasteiger partial charge in [0.15, 0.2) is 0 Å². The number of rotatable bonds is 8. The average molecular weight is 228 g/mol. The molecule has 0 saturated carbocycles. The second-order valence-corrected chi connectivity index (χ2v) is 3.91. The second kappa shape index (κ2) is 9.19. The monoisotopic (exact) mass is 228 g/mol. The Balaban J connectivity index is 4.02. The molecule has 0 rings (SSSR count). The Bertz CT molecular complexity index is 211. The molecular formula is C12H24N2O2. The highest BCUT2D eigenvalue weighted by atomic mass is 16.2. The Hall–Kier alpha value is -1.06. The molecule has 0 aliphatic heterocycles. The van der Waals surface area contributed by atoms with E-state index in [9.17, 15) is 9.59 Å². The van der Waals surface area contributed by atoms with Crippen molar-refractivity contribution >= 4 is 11.8 Å². The Morgan fingerprint density at radius 3 is 2.00 bits per heavy atom. The lowest BCUT2D eigenvalue weighted by Gasteiger charge is -2.21. The third-order valence-corrected chi connectivity index (χ3v) is 2.22. The lowest BCUT2D eigenvalue weighted by molar-refractivity contribution is -0.136. The molecule has 4 heteroatoms. The maximum Gasteiger partial charge on any atom is 0.232 e. The predicted molar refractivity (Wildman–Crippen MR) is 65.1 cm³/mol. The number of nitrogens with zero attached hydrogens (tertiary/aromatic N) is 1. The minimum absolute atomic E-state index is 0.0139. The lowest BCUT2D eigenvalue weighted by Crippen LogP contribution is -2.36. The predicted octanol–water partition coefficient (Wildman–Crippen LogP) is 1.55. The molecule has 0 aliphatic rings. The number of carbonyl (C=O) groups excluding carboxylic acids is 2. The first-order valence-corrected chi connectivity index (χ1v) is 6.20. The Morgan fingerprint density at radius 1 is 1.00 bits per heavy atom. The SMILES string of the molecule is CCCNC(=O)CC(=O)N(CCC)CCC. The molecule has 2 amide bonds. The molecular weight excluding hydrogens is 204 g/mol. The van der Waals surface area contributed by atoms with Gasteiger partial charge in [0.25, 0.3) is 0 Å². The second-order valence-electron chi connectivity index (χ2n) is 3.91. The fourth-order valence-corrected chi connectivity index (χ4v) is 1.48. The van der Waals surface area contributed by atoms with E-state index in [1.807, 2.05) is 20.8 Å². The van der Waals surface area contributed by atoms with Crippen LogP contribution in [0.15, 0.2) is 0 Å². The number of hydrogen-bond acceptors (Lipinski definition) is 2. The van der Waals surface area contributed by atoms with E-state index >= 15 is 0 Å². The average Bonchev–Trinajstić information content (AvgIpc) is 2.26. The summed E-state index contributed by atoms with van der Waals surface area (Å²) in [5.74, 6) is -0.221. The minimum atomic E-state index is -0.163. The molecule has 1 N–H and O–H groups in total. The number of hydrogen-bond donors (Lipinski definition) is 1. The van der Waals surface area contributed by atoms with E-state index in [-0.39, 0.29) is 18.2 Å². The Labute approximate surface area is 98.4 Å². The van der Waals surface area contributed by atoms with Gasteiger partial charge in [-0.1, -0.05) is 20.8 Å². The molecule has 0 bridgehead atoms. The van der Waals surface area contributed by atoms with Gasteiger partial charge in [0.2, 0.25) is 11.8 Å². The third-order valence-electron chi connectivity index (χ3n) is 2.22. The summed E-state index contributed by atoms with van der Waals surface area (Å²) >= 11 is 0. The summed E-state index contributed by atoms with van der Waals surface area (Å²) in [4.78, 5) is 24.9. The van der Waals surface area contributed by atoms with Gasteiger partial charge in [0.05, 0.1) is 0 Å². The molecule has 0 atom stereocenters. The molecule has 16 heavy (non-hydrogen) atoms. The van der Waals surface area contributed by atoms with Crippen LogP contribution in [-0.2, 0) is 9.59 Å². The highest BCUT2D eigenvalue weighted by Crippen LogP contribution is 1.98. The van der Waals surface area contributed by atoms with Crippen molar-refractivity contribution in [2.24, 2.45) is 0 Å². The number of carbonyl (C=O) groups is 2. The first-order chi connectivity index (χ1) is 7.65. The third kappa shape index (κ3) is 6.43. The summed E-state index contributed by atoms with van der Waals surface area (Å²) in [6.45, 7) is 8.19. The quantitative estimate of drug-likeness (QED) is 0.641. The molecule has 0 aliphatic carbocycles.